The van der Waals surface area contributed by atoms with Gasteiger partial charge in [0.25, 0.3) is 5.91 Å². The third kappa shape index (κ3) is 3.67. The number of benzene rings is 2. The zero-order valence-corrected chi connectivity index (χ0v) is 14.5. The second kappa shape index (κ2) is 6.77. The summed E-state index contributed by atoms with van der Waals surface area (Å²) in [7, 11) is -3.32. The molecule has 4 nitrogen and oxygen atoms in total. The number of carbonyl (C=O) groups is 1. The monoisotopic (exact) mass is 343 g/mol. The molecule has 3 rings (SSSR count). The van der Waals surface area contributed by atoms with Crippen molar-refractivity contribution in [2.24, 2.45) is 0 Å². The Bertz CT molecular complexity index is 831. The summed E-state index contributed by atoms with van der Waals surface area (Å²) in [5.74, 6) is -0.0843. The molecule has 2 aromatic rings. The molecule has 5 heteroatoms. The second-order valence-electron chi connectivity index (χ2n) is 6.28. The van der Waals surface area contributed by atoms with Crippen molar-refractivity contribution in [3.05, 3.63) is 65.7 Å². The van der Waals surface area contributed by atoms with E-state index in [1.54, 1.807) is 12.1 Å². The summed E-state index contributed by atoms with van der Waals surface area (Å²) in [6.07, 6.45) is 3.95. The predicted molar refractivity (Wildman–Crippen MR) is 93.8 cm³/mol. The lowest BCUT2D eigenvalue weighted by Crippen LogP contribution is -2.36. The Morgan fingerprint density at radius 1 is 1.12 bits per heavy atom. The number of rotatable bonds is 4. The van der Waals surface area contributed by atoms with Crippen LogP contribution in [0.3, 0.4) is 0 Å². The molecular weight excluding hydrogens is 322 g/mol. The van der Waals surface area contributed by atoms with Gasteiger partial charge in [0.15, 0.2) is 9.84 Å². The van der Waals surface area contributed by atoms with Crippen LogP contribution < -0.4 is 0 Å². The topological polar surface area (TPSA) is 54.5 Å². The van der Waals surface area contributed by atoms with Gasteiger partial charge < -0.3 is 4.90 Å². The van der Waals surface area contributed by atoms with Gasteiger partial charge in [0.2, 0.25) is 0 Å². The average molecular weight is 343 g/mol. The molecule has 1 aliphatic heterocycles. The minimum atomic E-state index is -3.32. The zero-order chi connectivity index (χ0) is 17.2. The Morgan fingerprint density at radius 3 is 2.58 bits per heavy atom. The van der Waals surface area contributed by atoms with E-state index in [9.17, 15) is 13.2 Å². The normalized spacial score (nSPS) is 17.9. The number of nitrogens with zero attached hydrogens (tertiary/aromatic N) is 1. The molecule has 0 N–H and O–H groups in total. The average Bonchev–Trinajstić information content (AvgIpc) is 3.02. The van der Waals surface area contributed by atoms with Crippen LogP contribution >= 0.6 is 0 Å². The Hall–Kier alpha value is -2.14. The third-order valence-electron chi connectivity index (χ3n) is 4.46. The number of hydrogen-bond donors (Lipinski definition) is 0. The Morgan fingerprint density at radius 2 is 1.88 bits per heavy atom. The Labute approximate surface area is 143 Å². The highest BCUT2D eigenvalue weighted by atomic mass is 32.2. The van der Waals surface area contributed by atoms with Gasteiger partial charge in [-0.15, -0.1) is 0 Å². The molecule has 1 atom stereocenters. The van der Waals surface area contributed by atoms with Crippen LogP contribution in [0.1, 0.15) is 28.8 Å². The number of likely N-dealkylation sites (tertiary alicyclic amines) is 1. The minimum Gasteiger partial charge on any atom is -0.335 e. The summed E-state index contributed by atoms with van der Waals surface area (Å²) in [6, 6.07) is 16.6. The third-order valence-corrected chi connectivity index (χ3v) is 5.57. The molecule has 24 heavy (non-hydrogen) atoms. The standard InChI is InChI=1S/C19H21NO3S/c1-24(22,23)18-11-5-9-16(14-18)19(21)20-12-6-10-17(20)13-15-7-3-2-4-8-15/h2-5,7-9,11,14,17H,6,10,12-13H2,1H3. The minimum absolute atomic E-state index is 0.0843. The van der Waals surface area contributed by atoms with E-state index in [0.717, 1.165) is 32.1 Å². The molecule has 1 unspecified atom stereocenters. The second-order valence-corrected chi connectivity index (χ2v) is 8.30. The molecule has 1 heterocycles. The van der Waals surface area contributed by atoms with Gasteiger partial charge in [0, 0.05) is 24.4 Å². The van der Waals surface area contributed by atoms with E-state index in [1.165, 1.54) is 17.7 Å². The molecule has 0 radical (unpaired) electrons. The smallest absolute Gasteiger partial charge is 0.254 e. The van der Waals surface area contributed by atoms with Crippen molar-refractivity contribution in [1.29, 1.82) is 0 Å². The van der Waals surface area contributed by atoms with Crippen LogP contribution in [0.2, 0.25) is 0 Å². The van der Waals surface area contributed by atoms with Gasteiger partial charge in [-0.1, -0.05) is 36.4 Å². The van der Waals surface area contributed by atoms with E-state index in [1.807, 2.05) is 23.1 Å². The number of hydrogen-bond acceptors (Lipinski definition) is 3. The highest BCUT2D eigenvalue weighted by molar-refractivity contribution is 7.90. The Kier molecular flexibility index (Phi) is 4.71. The molecule has 0 spiro atoms. The van der Waals surface area contributed by atoms with Crippen LogP contribution in [0.4, 0.5) is 0 Å². The van der Waals surface area contributed by atoms with E-state index >= 15 is 0 Å². The van der Waals surface area contributed by atoms with Gasteiger partial charge in [-0.3, -0.25) is 4.79 Å². The fourth-order valence-electron chi connectivity index (χ4n) is 3.23. The molecule has 1 aliphatic rings. The molecule has 0 bridgehead atoms. The van der Waals surface area contributed by atoms with Crippen LogP contribution in [-0.2, 0) is 16.3 Å². The van der Waals surface area contributed by atoms with Crippen LogP contribution in [0.5, 0.6) is 0 Å². The molecule has 1 amide bonds. The van der Waals surface area contributed by atoms with Gasteiger partial charge in [-0.2, -0.15) is 0 Å². The summed E-state index contributed by atoms with van der Waals surface area (Å²) in [6.45, 7) is 0.722. The van der Waals surface area contributed by atoms with E-state index in [4.69, 9.17) is 0 Å². The van der Waals surface area contributed by atoms with Crippen LogP contribution in [0, 0.1) is 0 Å². The summed E-state index contributed by atoms with van der Waals surface area (Å²) >= 11 is 0. The van der Waals surface area contributed by atoms with Gasteiger partial charge in [-0.05, 0) is 43.0 Å². The maximum absolute atomic E-state index is 12.9. The lowest BCUT2D eigenvalue weighted by atomic mass is 10.0. The predicted octanol–water partition coefficient (Wildman–Crippen LogP) is 2.94. The molecule has 1 saturated heterocycles. The Balaban J connectivity index is 1.81. The highest BCUT2D eigenvalue weighted by Crippen LogP contribution is 2.24. The summed E-state index contributed by atoms with van der Waals surface area (Å²) < 4.78 is 23.4. The molecule has 2 aromatic carbocycles. The summed E-state index contributed by atoms with van der Waals surface area (Å²) in [4.78, 5) is 14.9. The van der Waals surface area contributed by atoms with Crippen molar-refractivity contribution in [2.45, 2.75) is 30.2 Å². The van der Waals surface area contributed by atoms with Crippen molar-refractivity contribution < 1.29 is 13.2 Å². The fraction of sp³-hybridized carbons (Fsp3) is 0.316. The van der Waals surface area contributed by atoms with Crippen LogP contribution in [0.25, 0.3) is 0 Å². The first-order valence-corrected chi connectivity index (χ1v) is 9.99. The molecule has 126 valence electrons. The maximum Gasteiger partial charge on any atom is 0.254 e. The van der Waals surface area contributed by atoms with E-state index in [-0.39, 0.29) is 16.8 Å². The lowest BCUT2D eigenvalue weighted by molar-refractivity contribution is 0.0736. The van der Waals surface area contributed by atoms with Crippen molar-refractivity contribution in [1.82, 2.24) is 4.90 Å². The SMILES string of the molecule is CS(=O)(=O)c1cccc(C(=O)N2CCCC2Cc2ccccc2)c1. The molecule has 1 fully saturated rings. The van der Waals surface area contributed by atoms with Crippen molar-refractivity contribution in [3.63, 3.8) is 0 Å². The highest BCUT2D eigenvalue weighted by Gasteiger charge is 2.29. The molecule has 0 saturated carbocycles. The van der Waals surface area contributed by atoms with Gasteiger partial charge in [0.1, 0.15) is 0 Å². The first kappa shape index (κ1) is 16.7. The number of sulfone groups is 1. The van der Waals surface area contributed by atoms with Crippen molar-refractivity contribution in [2.75, 3.05) is 12.8 Å². The van der Waals surface area contributed by atoms with E-state index < -0.39 is 9.84 Å². The van der Waals surface area contributed by atoms with Crippen molar-refractivity contribution in [3.8, 4) is 0 Å². The fourth-order valence-corrected chi connectivity index (χ4v) is 3.89. The quantitative estimate of drug-likeness (QED) is 0.858. The van der Waals surface area contributed by atoms with Crippen LogP contribution in [-0.4, -0.2) is 38.1 Å². The molecule has 0 aromatic heterocycles. The van der Waals surface area contributed by atoms with E-state index in [0.29, 0.717) is 5.56 Å². The largest absolute Gasteiger partial charge is 0.335 e. The zero-order valence-electron chi connectivity index (χ0n) is 13.7. The van der Waals surface area contributed by atoms with Gasteiger partial charge >= 0.3 is 0 Å². The van der Waals surface area contributed by atoms with Crippen molar-refractivity contribution >= 4 is 15.7 Å². The van der Waals surface area contributed by atoms with Gasteiger partial charge in [-0.25, -0.2) is 8.42 Å². The maximum atomic E-state index is 12.9. The van der Waals surface area contributed by atoms with Gasteiger partial charge in [0.05, 0.1) is 4.90 Å². The van der Waals surface area contributed by atoms with E-state index in [2.05, 4.69) is 12.1 Å². The molecular formula is C19H21NO3S. The van der Waals surface area contributed by atoms with Crippen LogP contribution in [0.15, 0.2) is 59.5 Å². The molecule has 0 aliphatic carbocycles. The summed E-state index contributed by atoms with van der Waals surface area (Å²) in [5.41, 5.74) is 1.66. The number of amides is 1. The lowest BCUT2D eigenvalue weighted by Gasteiger charge is -2.25. The number of carbonyl (C=O) groups excluding carboxylic acids is 1. The summed E-state index contributed by atoms with van der Waals surface area (Å²) in [5, 5.41) is 0. The first-order chi connectivity index (χ1) is 11.4. The first-order valence-electron chi connectivity index (χ1n) is 8.10.